The average Bonchev–Trinajstić information content (AvgIpc) is 2.78. The monoisotopic (exact) mass is 250 g/mol. The van der Waals surface area contributed by atoms with Crippen LogP contribution >= 0.6 is 0 Å². The van der Waals surface area contributed by atoms with Crippen LogP contribution in [0.4, 0.5) is 0 Å². The normalized spacial score (nSPS) is 27.1. The van der Waals surface area contributed by atoms with Crippen LogP contribution in [0, 0.1) is 0 Å². The topological polar surface area (TPSA) is 55.8 Å². The highest BCUT2D eigenvalue weighted by atomic mass is 16.5. The fourth-order valence-corrected chi connectivity index (χ4v) is 2.23. The second-order valence-corrected chi connectivity index (χ2v) is 4.49. The van der Waals surface area contributed by atoms with E-state index in [1.807, 2.05) is 30.3 Å². The van der Waals surface area contributed by atoms with Crippen LogP contribution in [0.2, 0.25) is 0 Å². The van der Waals surface area contributed by atoms with Crippen LogP contribution in [0.1, 0.15) is 30.9 Å². The fourth-order valence-electron chi connectivity index (χ4n) is 2.23. The lowest BCUT2D eigenvalue weighted by Gasteiger charge is -2.14. The minimum Gasteiger partial charge on any atom is -0.469 e. The van der Waals surface area contributed by atoms with Crippen LogP contribution in [0.25, 0.3) is 0 Å². The molecule has 2 rings (SSSR count). The molecule has 1 saturated heterocycles. The standard InChI is InChI=1S/C14H18O4/c1-17-14(16)8-7-12-11(15)9-13(18-12)10-5-3-2-4-6-10/h2-6,11-13,15H,7-9H2,1H3/t11-,12+,13-/m1/s1. The van der Waals surface area contributed by atoms with Crippen molar-refractivity contribution in [1.82, 2.24) is 0 Å². The Bertz CT molecular complexity index is 390. The highest BCUT2D eigenvalue weighted by Crippen LogP contribution is 2.34. The number of aliphatic hydroxyl groups excluding tert-OH is 1. The van der Waals surface area contributed by atoms with Gasteiger partial charge in [-0.15, -0.1) is 0 Å². The number of hydrogen-bond donors (Lipinski definition) is 1. The van der Waals surface area contributed by atoms with E-state index in [1.54, 1.807) is 0 Å². The Balaban J connectivity index is 1.91. The highest BCUT2D eigenvalue weighted by molar-refractivity contribution is 5.69. The summed E-state index contributed by atoms with van der Waals surface area (Å²) in [5, 5.41) is 9.93. The van der Waals surface area contributed by atoms with Crippen LogP contribution in [0.15, 0.2) is 30.3 Å². The second-order valence-electron chi connectivity index (χ2n) is 4.49. The summed E-state index contributed by atoms with van der Waals surface area (Å²) >= 11 is 0. The van der Waals surface area contributed by atoms with Crippen molar-refractivity contribution < 1.29 is 19.4 Å². The van der Waals surface area contributed by atoms with Crippen molar-refractivity contribution in [3.63, 3.8) is 0 Å². The van der Waals surface area contributed by atoms with Gasteiger partial charge in [0.2, 0.25) is 0 Å². The highest BCUT2D eigenvalue weighted by Gasteiger charge is 2.34. The van der Waals surface area contributed by atoms with Gasteiger partial charge in [0.1, 0.15) is 0 Å². The predicted molar refractivity (Wildman–Crippen MR) is 65.9 cm³/mol. The number of hydrogen-bond acceptors (Lipinski definition) is 4. The van der Waals surface area contributed by atoms with E-state index in [9.17, 15) is 9.90 Å². The molecule has 1 aromatic carbocycles. The Morgan fingerprint density at radius 1 is 1.44 bits per heavy atom. The van der Waals surface area contributed by atoms with E-state index < -0.39 is 6.10 Å². The molecule has 1 aliphatic rings. The first-order valence-corrected chi connectivity index (χ1v) is 6.16. The zero-order chi connectivity index (χ0) is 13.0. The molecule has 0 radical (unpaired) electrons. The summed E-state index contributed by atoms with van der Waals surface area (Å²) in [6.07, 6.45) is 0.477. The maximum atomic E-state index is 11.1. The van der Waals surface area contributed by atoms with Crippen molar-refractivity contribution in [3.05, 3.63) is 35.9 Å². The molecule has 0 aromatic heterocycles. The van der Waals surface area contributed by atoms with Gasteiger partial charge in [0.05, 0.1) is 25.4 Å². The Morgan fingerprint density at radius 3 is 2.83 bits per heavy atom. The van der Waals surface area contributed by atoms with Crippen LogP contribution in [-0.4, -0.2) is 30.4 Å². The lowest BCUT2D eigenvalue weighted by atomic mass is 10.0. The SMILES string of the molecule is COC(=O)CC[C@@H]1O[C@@H](c2ccccc2)C[C@H]1O. The van der Waals surface area contributed by atoms with Crippen LogP contribution in [0.3, 0.4) is 0 Å². The molecule has 1 N–H and O–H groups in total. The molecule has 0 amide bonds. The first-order valence-electron chi connectivity index (χ1n) is 6.16. The maximum absolute atomic E-state index is 11.1. The molecule has 3 atom stereocenters. The maximum Gasteiger partial charge on any atom is 0.305 e. The van der Waals surface area contributed by atoms with Gasteiger partial charge in [-0.1, -0.05) is 30.3 Å². The van der Waals surface area contributed by atoms with E-state index >= 15 is 0 Å². The van der Waals surface area contributed by atoms with Gasteiger partial charge in [-0.3, -0.25) is 4.79 Å². The molecule has 1 aromatic rings. The van der Waals surface area contributed by atoms with E-state index in [1.165, 1.54) is 7.11 Å². The third-order valence-electron chi connectivity index (χ3n) is 3.26. The lowest BCUT2D eigenvalue weighted by molar-refractivity contribution is -0.141. The van der Waals surface area contributed by atoms with Crippen molar-refractivity contribution in [2.24, 2.45) is 0 Å². The van der Waals surface area contributed by atoms with Crippen molar-refractivity contribution in [2.45, 2.75) is 37.6 Å². The molecular weight excluding hydrogens is 232 g/mol. The van der Waals surface area contributed by atoms with Crippen LogP contribution < -0.4 is 0 Å². The van der Waals surface area contributed by atoms with E-state index in [0.717, 1.165) is 5.56 Å². The molecule has 1 heterocycles. The summed E-state index contributed by atoms with van der Waals surface area (Å²) in [7, 11) is 1.36. The molecule has 0 aliphatic carbocycles. The molecule has 4 heteroatoms. The molecule has 0 saturated carbocycles. The van der Waals surface area contributed by atoms with Gasteiger partial charge in [0.15, 0.2) is 0 Å². The summed E-state index contributed by atoms with van der Waals surface area (Å²) in [6, 6.07) is 9.82. The summed E-state index contributed by atoms with van der Waals surface area (Å²) in [5.74, 6) is -0.269. The number of esters is 1. The number of methoxy groups -OCH3 is 1. The molecule has 98 valence electrons. The molecular formula is C14H18O4. The van der Waals surface area contributed by atoms with Crippen LogP contribution in [-0.2, 0) is 14.3 Å². The second kappa shape index (κ2) is 5.98. The number of aliphatic hydroxyl groups is 1. The van der Waals surface area contributed by atoms with Gasteiger partial charge < -0.3 is 14.6 Å². The lowest BCUT2D eigenvalue weighted by Crippen LogP contribution is -2.21. The predicted octanol–water partition coefficient (Wildman–Crippen LogP) is 1.83. The molecule has 0 unspecified atom stereocenters. The zero-order valence-corrected chi connectivity index (χ0v) is 10.4. The summed E-state index contributed by atoms with van der Waals surface area (Å²) in [5.41, 5.74) is 1.07. The smallest absolute Gasteiger partial charge is 0.305 e. The number of carbonyl (C=O) groups is 1. The van der Waals surface area contributed by atoms with Crippen molar-refractivity contribution in [2.75, 3.05) is 7.11 Å². The molecule has 18 heavy (non-hydrogen) atoms. The first kappa shape index (κ1) is 13.1. The van der Waals surface area contributed by atoms with Gasteiger partial charge in [0.25, 0.3) is 0 Å². The Hall–Kier alpha value is -1.39. The largest absolute Gasteiger partial charge is 0.469 e. The van der Waals surface area contributed by atoms with E-state index in [0.29, 0.717) is 12.8 Å². The Kier molecular flexibility index (Phi) is 4.33. The molecule has 4 nitrogen and oxygen atoms in total. The number of benzene rings is 1. The quantitative estimate of drug-likeness (QED) is 0.828. The molecule has 0 spiro atoms. The third-order valence-corrected chi connectivity index (χ3v) is 3.26. The van der Waals surface area contributed by atoms with E-state index in [2.05, 4.69) is 4.74 Å². The summed E-state index contributed by atoms with van der Waals surface area (Å²) in [4.78, 5) is 11.1. The molecule has 1 fully saturated rings. The van der Waals surface area contributed by atoms with Gasteiger partial charge in [-0.25, -0.2) is 0 Å². The third kappa shape index (κ3) is 3.09. The van der Waals surface area contributed by atoms with Gasteiger partial charge >= 0.3 is 5.97 Å². The summed E-state index contributed by atoms with van der Waals surface area (Å²) < 4.78 is 10.4. The number of ether oxygens (including phenoxy) is 2. The Labute approximate surface area is 107 Å². The van der Waals surface area contributed by atoms with Crippen molar-refractivity contribution in [3.8, 4) is 0 Å². The van der Waals surface area contributed by atoms with Gasteiger partial charge in [-0.2, -0.15) is 0 Å². The minimum absolute atomic E-state index is 0.0798. The molecule has 1 aliphatic heterocycles. The first-order chi connectivity index (χ1) is 8.70. The number of rotatable bonds is 4. The zero-order valence-electron chi connectivity index (χ0n) is 10.4. The van der Waals surface area contributed by atoms with Crippen molar-refractivity contribution in [1.29, 1.82) is 0 Å². The summed E-state index contributed by atoms with van der Waals surface area (Å²) in [6.45, 7) is 0. The number of carbonyl (C=O) groups excluding carboxylic acids is 1. The Morgan fingerprint density at radius 2 is 2.17 bits per heavy atom. The minimum atomic E-state index is -0.514. The van der Waals surface area contributed by atoms with Gasteiger partial charge in [-0.05, 0) is 12.0 Å². The fraction of sp³-hybridized carbons (Fsp3) is 0.500. The average molecular weight is 250 g/mol. The van der Waals surface area contributed by atoms with E-state index in [4.69, 9.17) is 4.74 Å². The molecule has 0 bridgehead atoms. The van der Waals surface area contributed by atoms with Crippen LogP contribution in [0.5, 0.6) is 0 Å². The van der Waals surface area contributed by atoms with Crippen molar-refractivity contribution >= 4 is 5.97 Å². The van der Waals surface area contributed by atoms with Gasteiger partial charge in [0, 0.05) is 12.8 Å². The van der Waals surface area contributed by atoms with E-state index in [-0.39, 0.29) is 24.6 Å².